The Morgan fingerprint density at radius 1 is 1.56 bits per heavy atom. The van der Waals surface area contributed by atoms with E-state index in [4.69, 9.17) is 0 Å². The summed E-state index contributed by atoms with van der Waals surface area (Å²) in [4.78, 5) is 28.3. The normalized spacial score (nSPS) is 9.88. The van der Waals surface area contributed by atoms with Gasteiger partial charge in [-0.3, -0.25) is 9.59 Å². The summed E-state index contributed by atoms with van der Waals surface area (Å²) >= 11 is 1.37. The smallest absolute Gasteiger partial charge is 0.307 e. The van der Waals surface area contributed by atoms with Crippen LogP contribution in [0.1, 0.15) is 23.8 Å². The zero-order chi connectivity index (χ0) is 12.0. The molecular formula is C10H14N2O3S. The highest BCUT2D eigenvalue weighted by atomic mass is 32.1. The lowest BCUT2D eigenvalue weighted by molar-refractivity contribution is -0.140. The van der Waals surface area contributed by atoms with Crippen LogP contribution in [0.5, 0.6) is 0 Å². The molecule has 1 aromatic rings. The van der Waals surface area contributed by atoms with Gasteiger partial charge in [0.05, 0.1) is 19.0 Å². The van der Waals surface area contributed by atoms with Crippen molar-refractivity contribution in [2.45, 2.75) is 13.3 Å². The number of aromatic nitrogens is 1. The predicted octanol–water partition coefficient (Wildman–Crippen LogP) is 1.17. The van der Waals surface area contributed by atoms with Gasteiger partial charge in [0, 0.05) is 18.5 Å². The molecule has 0 bridgehead atoms. The number of esters is 1. The first-order valence-electron chi connectivity index (χ1n) is 4.93. The lowest BCUT2D eigenvalue weighted by Gasteiger charge is -2.18. The van der Waals surface area contributed by atoms with E-state index < -0.39 is 0 Å². The lowest BCUT2D eigenvalue weighted by Crippen LogP contribution is -2.33. The molecule has 0 aromatic carbocycles. The summed E-state index contributed by atoms with van der Waals surface area (Å²) in [5.74, 6) is -0.461. The van der Waals surface area contributed by atoms with Crippen LogP contribution in [-0.4, -0.2) is 42.0 Å². The number of carbonyl (C=O) groups excluding carboxylic acids is 2. The van der Waals surface area contributed by atoms with Gasteiger partial charge in [0.1, 0.15) is 5.69 Å². The van der Waals surface area contributed by atoms with Crippen molar-refractivity contribution in [1.82, 2.24) is 9.88 Å². The van der Waals surface area contributed by atoms with Gasteiger partial charge in [-0.05, 0) is 6.92 Å². The minimum atomic E-state index is -0.315. The Bertz CT molecular complexity index is 351. The summed E-state index contributed by atoms with van der Waals surface area (Å²) in [6, 6.07) is 0. The van der Waals surface area contributed by atoms with Crippen molar-refractivity contribution in [1.29, 1.82) is 0 Å². The molecule has 5 nitrogen and oxygen atoms in total. The van der Waals surface area contributed by atoms with Crippen molar-refractivity contribution in [3.05, 3.63) is 16.6 Å². The predicted molar refractivity (Wildman–Crippen MR) is 60.3 cm³/mol. The van der Waals surface area contributed by atoms with Gasteiger partial charge in [0.25, 0.3) is 5.91 Å². The summed E-state index contributed by atoms with van der Waals surface area (Å²) in [5, 5.41) is 1.70. The summed E-state index contributed by atoms with van der Waals surface area (Å²) < 4.78 is 4.53. The molecule has 0 spiro atoms. The second-order valence-electron chi connectivity index (χ2n) is 3.08. The number of amides is 1. The first-order valence-corrected chi connectivity index (χ1v) is 5.87. The van der Waals surface area contributed by atoms with E-state index in [0.717, 1.165) is 0 Å². The number of thiazole rings is 1. The van der Waals surface area contributed by atoms with Gasteiger partial charge in [0.15, 0.2) is 0 Å². The highest BCUT2D eigenvalue weighted by Crippen LogP contribution is 2.06. The maximum absolute atomic E-state index is 11.9. The van der Waals surface area contributed by atoms with E-state index in [1.54, 1.807) is 15.8 Å². The first-order chi connectivity index (χ1) is 7.69. The zero-order valence-corrected chi connectivity index (χ0v) is 10.1. The molecule has 88 valence electrons. The van der Waals surface area contributed by atoms with Gasteiger partial charge in [-0.2, -0.15) is 0 Å². The average molecular weight is 242 g/mol. The Morgan fingerprint density at radius 2 is 2.31 bits per heavy atom. The van der Waals surface area contributed by atoms with Crippen LogP contribution in [0.15, 0.2) is 10.9 Å². The Balaban J connectivity index is 2.54. The molecule has 0 unspecified atom stereocenters. The molecule has 1 rings (SSSR count). The van der Waals surface area contributed by atoms with Crippen molar-refractivity contribution < 1.29 is 14.3 Å². The van der Waals surface area contributed by atoms with E-state index in [1.165, 1.54) is 18.4 Å². The van der Waals surface area contributed by atoms with Crippen LogP contribution >= 0.6 is 11.3 Å². The van der Waals surface area contributed by atoms with E-state index in [-0.39, 0.29) is 18.3 Å². The molecule has 0 N–H and O–H groups in total. The number of hydrogen-bond acceptors (Lipinski definition) is 5. The molecule has 1 heterocycles. The van der Waals surface area contributed by atoms with Crippen molar-refractivity contribution in [3.63, 3.8) is 0 Å². The molecule has 1 amide bonds. The second kappa shape index (κ2) is 6.22. The van der Waals surface area contributed by atoms with E-state index in [0.29, 0.717) is 18.8 Å². The van der Waals surface area contributed by atoms with Crippen molar-refractivity contribution in [2.75, 3.05) is 20.2 Å². The minimum Gasteiger partial charge on any atom is -0.469 e. The molecule has 0 aliphatic heterocycles. The number of rotatable bonds is 5. The van der Waals surface area contributed by atoms with Gasteiger partial charge in [0.2, 0.25) is 0 Å². The SMILES string of the molecule is CCN(CCC(=O)OC)C(=O)c1cscn1. The summed E-state index contributed by atoms with van der Waals surface area (Å²) in [5.41, 5.74) is 2.04. The third-order valence-electron chi connectivity index (χ3n) is 2.13. The molecule has 0 saturated heterocycles. The fraction of sp³-hybridized carbons (Fsp3) is 0.500. The minimum absolute atomic E-state index is 0.146. The van der Waals surface area contributed by atoms with Crippen molar-refractivity contribution in [3.8, 4) is 0 Å². The van der Waals surface area contributed by atoms with Crippen LogP contribution in [0.2, 0.25) is 0 Å². The summed E-state index contributed by atoms with van der Waals surface area (Å²) in [7, 11) is 1.33. The van der Waals surface area contributed by atoms with Crippen molar-refractivity contribution >= 4 is 23.2 Å². The van der Waals surface area contributed by atoms with Crippen LogP contribution in [0.3, 0.4) is 0 Å². The zero-order valence-electron chi connectivity index (χ0n) is 9.30. The Kier molecular flexibility index (Phi) is 4.91. The molecule has 1 aromatic heterocycles. The summed E-state index contributed by atoms with van der Waals surface area (Å²) in [6.45, 7) is 2.77. The number of hydrogen-bond donors (Lipinski definition) is 0. The Hall–Kier alpha value is -1.43. The second-order valence-corrected chi connectivity index (χ2v) is 3.80. The topological polar surface area (TPSA) is 59.5 Å². The highest BCUT2D eigenvalue weighted by molar-refractivity contribution is 7.07. The van der Waals surface area contributed by atoms with Crippen LogP contribution < -0.4 is 0 Å². The van der Waals surface area contributed by atoms with E-state index >= 15 is 0 Å². The fourth-order valence-corrected chi connectivity index (χ4v) is 1.74. The lowest BCUT2D eigenvalue weighted by atomic mass is 10.3. The molecule has 0 aliphatic carbocycles. The average Bonchev–Trinajstić information content (AvgIpc) is 2.82. The maximum atomic E-state index is 11.9. The molecule has 0 atom stereocenters. The highest BCUT2D eigenvalue weighted by Gasteiger charge is 2.16. The Labute approximate surface area is 98.0 Å². The largest absolute Gasteiger partial charge is 0.469 e. The number of nitrogens with zero attached hydrogens (tertiary/aromatic N) is 2. The van der Waals surface area contributed by atoms with Crippen LogP contribution in [0.4, 0.5) is 0 Å². The summed E-state index contributed by atoms with van der Waals surface area (Å²) in [6.07, 6.45) is 0.209. The molecule has 0 fully saturated rings. The monoisotopic (exact) mass is 242 g/mol. The van der Waals surface area contributed by atoms with Gasteiger partial charge < -0.3 is 9.64 Å². The molecule has 0 aliphatic rings. The van der Waals surface area contributed by atoms with Gasteiger partial charge in [-0.15, -0.1) is 11.3 Å². The quantitative estimate of drug-likeness (QED) is 0.727. The fourth-order valence-electron chi connectivity index (χ4n) is 1.21. The standard InChI is InChI=1S/C10H14N2O3S/c1-3-12(5-4-9(13)15-2)10(14)8-6-16-7-11-8/h6-7H,3-5H2,1-2H3. The number of methoxy groups -OCH3 is 1. The van der Waals surface area contributed by atoms with Crippen LogP contribution in [0, 0.1) is 0 Å². The first kappa shape index (κ1) is 12.6. The molecule has 0 saturated carbocycles. The van der Waals surface area contributed by atoms with Crippen LogP contribution in [-0.2, 0) is 9.53 Å². The van der Waals surface area contributed by atoms with Gasteiger partial charge in [-0.25, -0.2) is 4.98 Å². The molecule has 6 heteroatoms. The van der Waals surface area contributed by atoms with Crippen LogP contribution in [0.25, 0.3) is 0 Å². The Morgan fingerprint density at radius 3 is 2.81 bits per heavy atom. The number of ether oxygens (including phenoxy) is 1. The molecule has 0 radical (unpaired) electrons. The van der Waals surface area contributed by atoms with Crippen molar-refractivity contribution in [2.24, 2.45) is 0 Å². The molecule has 16 heavy (non-hydrogen) atoms. The van der Waals surface area contributed by atoms with E-state index in [2.05, 4.69) is 9.72 Å². The van der Waals surface area contributed by atoms with Gasteiger partial charge >= 0.3 is 5.97 Å². The third-order valence-corrected chi connectivity index (χ3v) is 2.72. The van der Waals surface area contributed by atoms with E-state index in [9.17, 15) is 9.59 Å². The maximum Gasteiger partial charge on any atom is 0.307 e. The van der Waals surface area contributed by atoms with E-state index in [1.807, 2.05) is 6.92 Å². The number of carbonyl (C=O) groups is 2. The van der Waals surface area contributed by atoms with Gasteiger partial charge in [-0.1, -0.05) is 0 Å². The molecular weight excluding hydrogens is 228 g/mol. The third kappa shape index (κ3) is 3.30.